The first-order chi connectivity index (χ1) is 19.7. The Kier molecular flexibility index (Phi) is 6.31. The number of anilines is 2. The Hall–Kier alpha value is -4.44. The molecule has 0 amide bonds. The van der Waals surface area contributed by atoms with Crippen molar-refractivity contribution >= 4 is 17.4 Å². The lowest BCUT2D eigenvalue weighted by molar-refractivity contribution is 0.616. The summed E-state index contributed by atoms with van der Waals surface area (Å²) in [6, 6.07) is 19.2. The minimum atomic E-state index is -0.214. The van der Waals surface area contributed by atoms with Gasteiger partial charge in [0.25, 0.3) is 0 Å². The molecule has 2 atom stereocenters. The van der Waals surface area contributed by atoms with E-state index in [4.69, 9.17) is 15.1 Å². The zero-order valence-electron chi connectivity index (χ0n) is 22.3. The van der Waals surface area contributed by atoms with E-state index in [1.165, 1.54) is 6.07 Å². The Morgan fingerprint density at radius 1 is 0.900 bits per heavy atom. The quantitative estimate of drug-likeness (QED) is 0.340. The second kappa shape index (κ2) is 10.3. The molecule has 2 aliphatic rings. The third kappa shape index (κ3) is 4.54. The lowest BCUT2D eigenvalue weighted by Gasteiger charge is -2.26. The number of nitrogens with one attached hydrogen (secondary N) is 1. The van der Waals surface area contributed by atoms with Crippen molar-refractivity contribution in [3.05, 3.63) is 84.4 Å². The van der Waals surface area contributed by atoms with Gasteiger partial charge in [0.2, 0.25) is 5.95 Å². The maximum absolute atomic E-state index is 14.0. The summed E-state index contributed by atoms with van der Waals surface area (Å²) in [4.78, 5) is 23.4. The van der Waals surface area contributed by atoms with E-state index in [1.54, 1.807) is 24.5 Å². The SMILES string of the molecule is CNC1CCN(c2nccc(-c3cccc(-c4cnc5ccc(N6CCCC6c6cccc(F)c6)nn45)n3)n2)C1. The van der Waals surface area contributed by atoms with E-state index in [-0.39, 0.29) is 11.9 Å². The molecule has 40 heavy (non-hydrogen) atoms. The standard InChI is InChI=1S/C30H30FN9/c1-32-22-13-16-38(19-22)30-33-14-12-24(36-30)23-7-3-8-25(35-23)27-18-34-28-10-11-29(37-40(27)28)39-15-4-9-26(39)20-5-2-6-21(31)17-20/h2-3,5-8,10-12,14,17-18,22,26,32H,4,9,13,15-16,19H2,1H3. The number of halogens is 1. The molecule has 2 aliphatic heterocycles. The van der Waals surface area contributed by atoms with E-state index in [9.17, 15) is 4.39 Å². The third-order valence-electron chi connectivity index (χ3n) is 7.92. The van der Waals surface area contributed by atoms with Crippen LogP contribution in [0, 0.1) is 5.82 Å². The summed E-state index contributed by atoms with van der Waals surface area (Å²) in [7, 11) is 1.99. The number of hydrogen-bond donors (Lipinski definition) is 1. The average molecular weight is 536 g/mol. The number of likely N-dealkylation sites (N-methyl/N-ethyl adjacent to an activating group) is 1. The van der Waals surface area contributed by atoms with E-state index in [1.807, 2.05) is 54.0 Å². The molecule has 0 radical (unpaired) electrons. The molecule has 9 nitrogen and oxygen atoms in total. The van der Waals surface area contributed by atoms with Crippen molar-refractivity contribution in [3.8, 4) is 22.8 Å². The van der Waals surface area contributed by atoms with Crippen LogP contribution in [0.1, 0.15) is 30.9 Å². The van der Waals surface area contributed by atoms with Gasteiger partial charge in [0.05, 0.1) is 29.3 Å². The monoisotopic (exact) mass is 535 g/mol. The van der Waals surface area contributed by atoms with Crippen LogP contribution >= 0.6 is 0 Å². The van der Waals surface area contributed by atoms with Crippen molar-refractivity contribution < 1.29 is 4.39 Å². The van der Waals surface area contributed by atoms with Gasteiger partial charge in [0.1, 0.15) is 17.3 Å². The maximum atomic E-state index is 14.0. The highest BCUT2D eigenvalue weighted by Crippen LogP contribution is 2.36. The fraction of sp³-hybridized carbons (Fsp3) is 0.300. The lowest BCUT2D eigenvalue weighted by Crippen LogP contribution is -2.30. The minimum Gasteiger partial charge on any atom is -0.348 e. The van der Waals surface area contributed by atoms with Crippen LogP contribution in [0.5, 0.6) is 0 Å². The molecule has 1 aromatic carbocycles. The molecule has 0 bridgehead atoms. The summed E-state index contributed by atoms with van der Waals surface area (Å²) in [5.74, 6) is 1.34. The largest absolute Gasteiger partial charge is 0.348 e. The van der Waals surface area contributed by atoms with Gasteiger partial charge in [-0.25, -0.2) is 28.8 Å². The number of imidazole rings is 1. The molecule has 0 aliphatic carbocycles. The highest BCUT2D eigenvalue weighted by atomic mass is 19.1. The Morgan fingerprint density at radius 2 is 1.77 bits per heavy atom. The first-order valence-corrected chi connectivity index (χ1v) is 13.8. The van der Waals surface area contributed by atoms with E-state index in [0.29, 0.717) is 6.04 Å². The molecule has 2 saturated heterocycles. The van der Waals surface area contributed by atoms with Crippen LogP contribution in [0.25, 0.3) is 28.4 Å². The van der Waals surface area contributed by atoms with Gasteiger partial charge in [0, 0.05) is 31.9 Å². The summed E-state index contributed by atoms with van der Waals surface area (Å²) in [5.41, 5.74) is 4.81. The second-order valence-electron chi connectivity index (χ2n) is 10.4. The molecule has 5 aromatic rings. The molecule has 6 heterocycles. The fourth-order valence-corrected chi connectivity index (χ4v) is 5.83. The number of rotatable bonds is 6. The molecule has 7 rings (SSSR count). The molecular weight excluding hydrogens is 505 g/mol. The van der Waals surface area contributed by atoms with Gasteiger partial charge in [-0.05, 0) is 74.3 Å². The highest BCUT2D eigenvalue weighted by molar-refractivity contribution is 5.65. The van der Waals surface area contributed by atoms with Crippen molar-refractivity contribution in [1.82, 2.24) is 34.9 Å². The van der Waals surface area contributed by atoms with Gasteiger partial charge in [0.15, 0.2) is 5.65 Å². The van der Waals surface area contributed by atoms with Crippen molar-refractivity contribution in [2.24, 2.45) is 0 Å². The number of nitrogens with zero attached hydrogens (tertiary/aromatic N) is 8. The van der Waals surface area contributed by atoms with Crippen molar-refractivity contribution in [2.75, 3.05) is 36.5 Å². The Labute approximate surface area is 231 Å². The van der Waals surface area contributed by atoms with E-state index in [0.717, 1.165) is 84.6 Å². The molecule has 10 heteroatoms. The first kappa shape index (κ1) is 24.6. The van der Waals surface area contributed by atoms with Crippen LogP contribution in [0.3, 0.4) is 0 Å². The predicted molar refractivity (Wildman–Crippen MR) is 153 cm³/mol. The zero-order chi connectivity index (χ0) is 27.1. The van der Waals surface area contributed by atoms with E-state index >= 15 is 0 Å². The topological polar surface area (TPSA) is 87.4 Å². The number of fused-ring (bicyclic) bond motifs is 1. The van der Waals surface area contributed by atoms with Crippen LogP contribution in [-0.2, 0) is 0 Å². The molecule has 1 N–H and O–H groups in total. The summed E-state index contributed by atoms with van der Waals surface area (Å²) in [6.07, 6.45) is 6.65. The lowest BCUT2D eigenvalue weighted by atomic mass is 10.0. The fourth-order valence-electron chi connectivity index (χ4n) is 5.83. The number of pyridine rings is 1. The third-order valence-corrected chi connectivity index (χ3v) is 7.92. The molecule has 2 unspecified atom stereocenters. The van der Waals surface area contributed by atoms with Crippen molar-refractivity contribution in [1.29, 1.82) is 0 Å². The van der Waals surface area contributed by atoms with Crippen LogP contribution in [0.4, 0.5) is 16.2 Å². The molecule has 0 saturated carbocycles. The normalized spacial score (nSPS) is 19.1. The van der Waals surface area contributed by atoms with Crippen LogP contribution in [0.15, 0.2) is 73.1 Å². The van der Waals surface area contributed by atoms with Gasteiger partial charge in [-0.15, -0.1) is 5.10 Å². The second-order valence-corrected chi connectivity index (χ2v) is 10.4. The molecule has 2 fully saturated rings. The van der Waals surface area contributed by atoms with Gasteiger partial charge in [-0.2, -0.15) is 0 Å². The van der Waals surface area contributed by atoms with Crippen molar-refractivity contribution in [2.45, 2.75) is 31.3 Å². The number of hydrogen-bond acceptors (Lipinski definition) is 8. The summed E-state index contributed by atoms with van der Waals surface area (Å²) in [5, 5.41) is 8.32. The molecule has 0 spiro atoms. The van der Waals surface area contributed by atoms with Gasteiger partial charge < -0.3 is 15.1 Å². The van der Waals surface area contributed by atoms with Crippen LogP contribution in [-0.4, -0.2) is 62.3 Å². The zero-order valence-corrected chi connectivity index (χ0v) is 22.3. The average Bonchev–Trinajstić information content (AvgIpc) is 3.77. The van der Waals surface area contributed by atoms with Crippen LogP contribution < -0.4 is 15.1 Å². The Morgan fingerprint density at radius 3 is 2.65 bits per heavy atom. The summed E-state index contributed by atoms with van der Waals surface area (Å²) in [6.45, 7) is 2.68. The highest BCUT2D eigenvalue weighted by Gasteiger charge is 2.28. The summed E-state index contributed by atoms with van der Waals surface area (Å²) < 4.78 is 15.8. The van der Waals surface area contributed by atoms with E-state index < -0.39 is 0 Å². The van der Waals surface area contributed by atoms with E-state index in [2.05, 4.69) is 25.1 Å². The maximum Gasteiger partial charge on any atom is 0.225 e. The first-order valence-electron chi connectivity index (χ1n) is 13.8. The van der Waals surface area contributed by atoms with Gasteiger partial charge in [-0.1, -0.05) is 18.2 Å². The molecule has 4 aromatic heterocycles. The molecular formula is C30H30FN9. The Bertz CT molecular complexity index is 1670. The van der Waals surface area contributed by atoms with Gasteiger partial charge >= 0.3 is 0 Å². The van der Waals surface area contributed by atoms with Crippen molar-refractivity contribution in [3.63, 3.8) is 0 Å². The smallest absolute Gasteiger partial charge is 0.225 e. The van der Waals surface area contributed by atoms with Gasteiger partial charge in [-0.3, -0.25) is 0 Å². The predicted octanol–water partition coefficient (Wildman–Crippen LogP) is 4.53. The summed E-state index contributed by atoms with van der Waals surface area (Å²) >= 11 is 0. The minimum absolute atomic E-state index is 0.0834. The number of aromatic nitrogens is 6. The van der Waals surface area contributed by atoms with Crippen LogP contribution in [0.2, 0.25) is 0 Å². The number of benzene rings is 1. The Balaban J connectivity index is 1.20. The molecule has 202 valence electrons.